The van der Waals surface area contributed by atoms with Gasteiger partial charge in [0.15, 0.2) is 0 Å². The highest BCUT2D eigenvalue weighted by atomic mass is 16.5. The molecule has 0 saturated carbocycles. The number of allylic oxidation sites excluding steroid dienone is 1. The molecule has 0 atom stereocenters. The minimum atomic E-state index is -0.395. The van der Waals surface area contributed by atoms with Gasteiger partial charge >= 0.3 is 5.97 Å². The summed E-state index contributed by atoms with van der Waals surface area (Å²) in [4.78, 5) is 24.6. The lowest BCUT2D eigenvalue weighted by Crippen LogP contribution is -2.09. The lowest BCUT2D eigenvalue weighted by molar-refractivity contribution is -0.111. The molecule has 4 aromatic rings. The standard InChI is InChI=1S/C30H29NO5/c1-6-35-30(33)21-8-10-22(11-9-21)31-29(32)14-20(4)24-15-25-26(17-36-28(25)16-27(24)34-5)23-12-7-18(2)13-19(23)3/h7-17H,6H2,1-5H3,(H,31,32)/b20-14+. The summed E-state index contributed by atoms with van der Waals surface area (Å²) in [7, 11) is 1.59. The first-order chi connectivity index (χ1) is 17.3. The molecule has 0 unspecified atom stereocenters. The quantitative estimate of drug-likeness (QED) is 0.227. The van der Waals surface area contributed by atoms with Gasteiger partial charge in [-0.15, -0.1) is 0 Å². The van der Waals surface area contributed by atoms with Crippen molar-refractivity contribution in [1.29, 1.82) is 0 Å². The fraction of sp³-hybridized carbons (Fsp3) is 0.200. The first-order valence-corrected chi connectivity index (χ1v) is 11.7. The lowest BCUT2D eigenvalue weighted by atomic mass is 9.96. The van der Waals surface area contributed by atoms with Crippen molar-refractivity contribution in [1.82, 2.24) is 0 Å². The van der Waals surface area contributed by atoms with Crippen LogP contribution in [0.2, 0.25) is 0 Å². The number of anilines is 1. The Hall–Kier alpha value is -4.32. The second kappa shape index (κ2) is 10.5. The zero-order chi connectivity index (χ0) is 25.8. The van der Waals surface area contributed by atoms with Gasteiger partial charge in [0.05, 0.1) is 25.5 Å². The van der Waals surface area contributed by atoms with Gasteiger partial charge in [0.25, 0.3) is 0 Å². The number of amides is 1. The van der Waals surface area contributed by atoms with Crippen LogP contribution in [0.5, 0.6) is 5.75 Å². The van der Waals surface area contributed by atoms with Crippen LogP contribution in [-0.2, 0) is 9.53 Å². The molecule has 0 bridgehead atoms. The minimum Gasteiger partial charge on any atom is -0.496 e. The number of furan rings is 1. The van der Waals surface area contributed by atoms with Crippen LogP contribution in [0.25, 0.3) is 27.7 Å². The van der Waals surface area contributed by atoms with Gasteiger partial charge in [-0.05, 0) is 74.7 Å². The van der Waals surface area contributed by atoms with Crippen LogP contribution in [0.3, 0.4) is 0 Å². The number of aryl methyl sites for hydroxylation is 2. The van der Waals surface area contributed by atoms with E-state index in [2.05, 4.69) is 37.4 Å². The van der Waals surface area contributed by atoms with E-state index in [1.54, 1.807) is 44.6 Å². The summed E-state index contributed by atoms with van der Waals surface area (Å²) >= 11 is 0. The maximum Gasteiger partial charge on any atom is 0.338 e. The average molecular weight is 484 g/mol. The zero-order valence-corrected chi connectivity index (χ0v) is 21.1. The molecule has 0 spiro atoms. The predicted molar refractivity (Wildman–Crippen MR) is 142 cm³/mol. The molecule has 4 rings (SSSR count). The molecule has 6 heteroatoms. The third-order valence-electron chi connectivity index (χ3n) is 6.00. The molecule has 184 valence electrons. The van der Waals surface area contributed by atoms with Gasteiger partial charge in [-0.3, -0.25) is 4.79 Å². The Labute approximate surface area is 210 Å². The Morgan fingerprint density at radius 3 is 2.42 bits per heavy atom. The average Bonchev–Trinajstić information content (AvgIpc) is 3.26. The molecular weight excluding hydrogens is 454 g/mol. The van der Waals surface area contributed by atoms with Gasteiger partial charge in [-0.1, -0.05) is 23.8 Å². The fourth-order valence-electron chi connectivity index (χ4n) is 4.21. The number of fused-ring (bicyclic) bond motifs is 1. The van der Waals surface area contributed by atoms with E-state index in [9.17, 15) is 9.59 Å². The molecule has 36 heavy (non-hydrogen) atoms. The van der Waals surface area contributed by atoms with E-state index in [4.69, 9.17) is 13.9 Å². The van der Waals surface area contributed by atoms with Crippen molar-refractivity contribution < 1.29 is 23.5 Å². The van der Waals surface area contributed by atoms with Crippen LogP contribution >= 0.6 is 0 Å². The molecule has 1 amide bonds. The predicted octanol–water partition coefficient (Wildman–Crippen LogP) is 6.94. The van der Waals surface area contributed by atoms with Crippen molar-refractivity contribution in [3.63, 3.8) is 0 Å². The van der Waals surface area contributed by atoms with E-state index >= 15 is 0 Å². The number of ether oxygens (including phenoxy) is 2. The van der Waals surface area contributed by atoms with Gasteiger partial charge in [0.1, 0.15) is 11.3 Å². The summed E-state index contributed by atoms with van der Waals surface area (Å²) in [5.41, 5.74) is 7.71. The van der Waals surface area contributed by atoms with E-state index in [0.717, 1.165) is 33.2 Å². The Bertz CT molecular complexity index is 1460. The van der Waals surface area contributed by atoms with Crippen molar-refractivity contribution >= 4 is 34.1 Å². The topological polar surface area (TPSA) is 77.8 Å². The van der Waals surface area contributed by atoms with Gasteiger partial charge in [-0.25, -0.2) is 4.79 Å². The van der Waals surface area contributed by atoms with Crippen LogP contribution in [0.15, 0.2) is 71.4 Å². The van der Waals surface area contributed by atoms with Crippen molar-refractivity contribution in [3.05, 3.63) is 89.2 Å². The molecule has 0 aliphatic carbocycles. The smallest absolute Gasteiger partial charge is 0.338 e. The molecule has 3 aromatic carbocycles. The number of carbonyl (C=O) groups is 2. The number of benzene rings is 3. The second-order valence-electron chi connectivity index (χ2n) is 8.63. The maximum absolute atomic E-state index is 12.8. The molecule has 0 aliphatic heterocycles. The molecule has 1 aromatic heterocycles. The highest BCUT2D eigenvalue weighted by Gasteiger charge is 2.16. The maximum atomic E-state index is 12.8. The SMILES string of the molecule is CCOC(=O)c1ccc(NC(=O)/C=C(\C)c2cc3c(-c4ccc(C)cc4C)coc3cc2OC)cc1. The Kier molecular flexibility index (Phi) is 7.25. The third-order valence-corrected chi connectivity index (χ3v) is 6.00. The van der Waals surface area contributed by atoms with Crippen LogP contribution in [0.4, 0.5) is 5.69 Å². The summed E-state index contributed by atoms with van der Waals surface area (Å²) in [6, 6.07) is 16.8. The Balaban J connectivity index is 1.62. The van der Waals surface area contributed by atoms with Gasteiger partial charge in [-0.2, -0.15) is 0 Å². The second-order valence-corrected chi connectivity index (χ2v) is 8.63. The number of methoxy groups -OCH3 is 1. The number of rotatable bonds is 7. The van der Waals surface area contributed by atoms with E-state index in [-0.39, 0.29) is 5.91 Å². The Morgan fingerprint density at radius 2 is 1.75 bits per heavy atom. The number of carbonyl (C=O) groups excluding carboxylic acids is 2. The van der Waals surface area contributed by atoms with E-state index in [0.29, 0.717) is 29.2 Å². The van der Waals surface area contributed by atoms with E-state index in [1.807, 2.05) is 19.1 Å². The van der Waals surface area contributed by atoms with Gasteiger partial charge in [0.2, 0.25) is 5.91 Å². The van der Waals surface area contributed by atoms with E-state index < -0.39 is 5.97 Å². The third kappa shape index (κ3) is 5.18. The van der Waals surface area contributed by atoms with Crippen LogP contribution in [0.1, 0.15) is 40.9 Å². The molecular formula is C30H29NO5. The van der Waals surface area contributed by atoms with Crippen LogP contribution in [0, 0.1) is 13.8 Å². The van der Waals surface area contributed by atoms with Crippen LogP contribution in [-0.4, -0.2) is 25.6 Å². The number of nitrogens with one attached hydrogen (secondary N) is 1. The fourth-order valence-corrected chi connectivity index (χ4v) is 4.21. The molecule has 0 saturated heterocycles. The normalized spacial score (nSPS) is 11.4. The summed E-state index contributed by atoms with van der Waals surface area (Å²) in [6.07, 6.45) is 3.29. The minimum absolute atomic E-state index is 0.291. The first kappa shape index (κ1) is 24.8. The monoisotopic (exact) mass is 483 g/mol. The van der Waals surface area contributed by atoms with E-state index in [1.165, 1.54) is 11.6 Å². The molecule has 0 fully saturated rings. The lowest BCUT2D eigenvalue weighted by Gasteiger charge is -2.11. The highest BCUT2D eigenvalue weighted by molar-refractivity contribution is 6.05. The highest BCUT2D eigenvalue weighted by Crippen LogP contribution is 2.38. The summed E-state index contributed by atoms with van der Waals surface area (Å²) in [5.74, 6) is -0.0715. The molecule has 0 radical (unpaired) electrons. The first-order valence-electron chi connectivity index (χ1n) is 11.7. The number of esters is 1. The van der Waals surface area contributed by atoms with Crippen molar-refractivity contribution in [2.75, 3.05) is 19.0 Å². The molecule has 1 heterocycles. The largest absolute Gasteiger partial charge is 0.496 e. The van der Waals surface area contributed by atoms with Crippen LogP contribution < -0.4 is 10.1 Å². The number of hydrogen-bond donors (Lipinski definition) is 1. The summed E-state index contributed by atoms with van der Waals surface area (Å²) < 4.78 is 16.5. The number of hydrogen-bond acceptors (Lipinski definition) is 5. The molecule has 6 nitrogen and oxygen atoms in total. The van der Waals surface area contributed by atoms with Gasteiger partial charge in [0, 0.05) is 34.3 Å². The van der Waals surface area contributed by atoms with Crippen molar-refractivity contribution in [2.45, 2.75) is 27.7 Å². The molecule has 1 N–H and O–H groups in total. The van der Waals surface area contributed by atoms with Gasteiger partial charge < -0.3 is 19.2 Å². The summed E-state index contributed by atoms with van der Waals surface area (Å²) in [5, 5.41) is 3.78. The van der Waals surface area contributed by atoms with Crippen molar-refractivity contribution in [3.8, 4) is 16.9 Å². The molecule has 0 aliphatic rings. The van der Waals surface area contributed by atoms with Crippen molar-refractivity contribution in [2.24, 2.45) is 0 Å². The zero-order valence-electron chi connectivity index (χ0n) is 21.1. The summed E-state index contributed by atoms with van der Waals surface area (Å²) in [6.45, 7) is 8.08. The Morgan fingerprint density at radius 1 is 1.00 bits per heavy atom.